The molecule has 0 heterocycles. The number of rotatable bonds is 8. The van der Waals surface area contributed by atoms with Gasteiger partial charge in [-0.05, 0) is 77.5 Å². The number of aromatic hydroxyl groups is 1. The molecule has 3 amide bonds. The van der Waals surface area contributed by atoms with Gasteiger partial charge < -0.3 is 25.4 Å². The summed E-state index contributed by atoms with van der Waals surface area (Å²) in [6.07, 6.45) is 0.724. The highest BCUT2D eigenvalue weighted by atomic mass is 16.6. The molecule has 0 bridgehead atoms. The summed E-state index contributed by atoms with van der Waals surface area (Å²) in [4.78, 5) is 42.0. The summed E-state index contributed by atoms with van der Waals surface area (Å²) in [5.74, 6) is -0.646. The predicted molar refractivity (Wildman–Crippen MR) is 136 cm³/mol. The Morgan fingerprint density at radius 2 is 1.77 bits per heavy atom. The second-order valence-electron chi connectivity index (χ2n) is 11.8. The zero-order valence-electron chi connectivity index (χ0n) is 22.6. The Morgan fingerprint density at radius 1 is 1.17 bits per heavy atom. The fourth-order valence-corrected chi connectivity index (χ4v) is 4.02. The van der Waals surface area contributed by atoms with Crippen LogP contribution >= 0.6 is 0 Å². The molecule has 196 valence electrons. The molecule has 0 spiro atoms. The van der Waals surface area contributed by atoms with Crippen molar-refractivity contribution >= 4 is 17.9 Å². The fraction of sp³-hybridized carbons (Fsp3) is 0.667. The van der Waals surface area contributed by atoms with Crippen LogP contribution in [0.25, 0.3) is 0 Å². The fourth-order valence-electron chi connectivity index (χ4n) is 4.02. The third kappa shape index (κ3) is 8.15. The van der Waals surface area contributed by atoms with Crippen molar-refractivity contribution in [2.75, 3.05) is 0 Å². The molecule has 3 N–H and O–H groups in total. The van der Waals surface area contributed by atoms with Crippen LogP contribution in [-0.4, -0.2) is 51.1 Å². The highest BCUT2D eigenvalue weighted by molar-refractivity contribution is 5.93. The summed E-state index contributed by atoms with van der Waals surface area (Å²) in [5.41, 5.74) is -0.727. The maximum absolute atomic E-state index is 14.2. The van der Waals surface area contributed by atoms with Gasteiger partial charge in [0.05, 0.1) is 0 Å². The van der Waals surface area contributed by atoms with Gasteiger partial charge in [-0.1, -0.05) is 39.3 Å². The normalized spacial score (nSPS) is 20.3. The number of amides is 3. The number of alkyl carbamates (subject to hydrolysis) is 1. The van der Waals surface area contributed by atoms with Crippen molar-refractivity contribution in [2.24, 2.45) is 11.8 Å². The maximum atomic E-state index is 14.2. The lowest BCUT2D eigenvalue weighted by atomic mass is 9.95. The number of carbonyl (C=O) groups excluding carboxylic acids is 3. The Balaban J connectivity index is 2.53. The van der Waals surface area contributed by atoms with Gasteiger partial charge in [0.1, 0.15) is 23.4 Å². The van der Waals surface area contributed by atoms with Gasteiger partial charge in [0, 0.05) is 11.6 Å². The van der Waals surface area contributed by atoms with Gasteiger partial charge in [0.2, 0.25) is 11.8 Å². The standard InChI is InChI=1S/C27H43N3O5/c1-10-16(2)21(28-25(34)35-27(7,8)9)24(33)30(20-14-17(20)3)22(23(32)29-26(4,5)6)18-12-11-13-19(31)15-18/h11-13,15-17,20-22,31H,10,14H2,1-9H3,(H,28,34)(H,29,32). The van der Waals surface area contributed by atoms with Gasteiger partial charge in [-0.2, -0.15) is 0 Å². The van der Waals surface area contributed by atoms with Crippen LogP contribution < -0.4 is 10.6 Å². The summed E-state index contributed by atoms with van der Waals surface area (Å²) in [5, 5.41) is 15.9. The first-order valence-electron chi connectivity index (χ1n) is 12.5. The van der Waals surface area contributed by atoms with E-state index in [2.05, 4.69) is 10.6 Å². The SMILES string of the molecule is CCC(C)C(NC(=O)OC(C)(C)C)C(=O)N(C(C(=O)NC(C)(C)C)c1cccc(O)c1)C1CC1C. The molecule has 0 aromatic heterocycles. The summed E-state index contributed by atoms with van der Waals surface area (Å²) in [7, 11) is 0. The summed E-state index contributed by atoms with van der Waals surface area (Å²) in [6.45, 7) is 16.8. The molecule has 1 aliphatic carbocycles. The quantitative estimate of drug-likeness (QED) is 0.497. The van der Waals surface area contributed by atoms with Crippen molar-refractivity contribution in [2.45, 2.75) is 104 Å². The van der Waals surface area contributed by atoms with E-state index in [1.165, 1.54) is 12.1 Å². The second kappa shape index (κ2) is 10.9. The first-order valence-corrected chi connectivity index (χ1v) is 12.5. The van der Waals surface area contributed by atoms with E-state index < -0.39 is 29.3 Å². The first kappa shape index (κ1) is 28.5. The lowest BCUT2D eigenvalue weighted by molar-refractivity contribution is -0.145. The molecule has 1 saturated carbocycles. The third-order valence-electron chi connectivity index (χ3n) is 6.04. The maximum Gasteiger partial charge on any atom is 0.408 e. The summed E-state index contributed by atoms with van der Waals surface area (Å²) >= 11 is 0. The molecule has 35 heavy (non-hydrogen) atoms. The number of carbonyl (C=O) groups is 3. The van der Waals surface area contributed by atoms with E-state index in [1.807, 2.05) is 41.5 Å². The molecule has 1 fully saturated rings. The van der Waals surface area contributed by atoms with Crippen molar-refractivity contribution in [1.82, 2.24) is 15.5 Å². The average molecular weight is 490 g/mol. The van der Waals surface area contributed by atoms with Crippen LogP contribution in [0.5, 0.6) is 5.75 Å². The number of nitrogens with zero attached hydrogens (tertiary/aromatic N) is 1. The molecule has 1 aliphatic rings. The average Bonchev–Trinajstić information content (AvgIpc) is 3.42. The Morgan fingerprint density at radius 3 is 2.23 bits per heavy atom. The highest BCUT2D eigenvalue weighted by Crippen LogP contribution is 2.41. The zero-order valence-corrected chi connectivity index (χ0v) is 22.6. The van der Waals surface area contributed by atoms with E-state index in [1.54, 1.807) is 37.8 Å². The van der Waals surface area contributed by atoms with E-state index in [0.29, 0.717) is 12.0 Å². The molecule has 5 atom stereocenters. The van der Waals surface area contributed by atoms with Gasteiger partial charge in [0.25, 0.3) is 0 Å². The second-order valence-corrected chi connectivity index (χ2v) is 11.8. The van der Waals surface area contributed by atoms with Crippen LogP contribution in [-0.2, 0) is 14.3 Å². The van der Waals surface area contributed by atoms with Crippen LogP contribution in [0.1, 0.15) is 86.8 Å². The number of hydrogen-bond donors (Lipinski definition) is 3. The van der Waals surface area contributed by atoms with Crippen LogP contribution in [0, 0.1) is 11.8 Å². The van der Waals surface area contributed by atoms with Crippen LogP contribution in [0.2, 0.25) is 0 Å². The Bertz CT molecular complexity index is 918. The molecule has 1 aromatic carbocycles. The molecule has 0 aliphatic heterocycles. The summed E-state index contributed by atoms with van der Waals surface area (Å²) < 4.78 is 5.43. The molecule has 8 nitrogen and oxygen atoms in total. The molecule has 8 heteroatoms. The molecule has 0 saturated heterocycles. The minimum atomic E-state index is -0.962. The topological polar surface area (TPSA) is 108 Å². The monoisotopic (exact) mass is 489 g/mol. The highest BCUT2D eigenvalue weighted by Gasteiger charge is 2.49. The zero-order chi connectivity index (χ0) is 26.7. The van der Waals surface area contributed by atoms with Crippen molar-refractivity contribution in [3.63, 3.8) is 0 Å². The molecule has 0 radical (unpaired) electrons. The minimum Gasteiger partial charge on any atom is -0.508 e. The van der Waals surface area contributed by atoms with Crippen molar-refractivity contribution in [1.29, 1.82) is 0 Å². The number of benzene rings is 1. The Hall–Kier alpha value is -2.77. The Labute approximate surface area is 209 Å². The predicted octanol–water partition coefficient (Wildman–Crippen LogP) is 4.52. The molecule has 1 aromatic rings. The van der Waals surface area contributed by atoms with E-state index in [9.17, 15) is 19.5 Å². The van der Waals surface area contributed by atoms with E-state index >= 15 is 0 Å². The van der Waals surface area contributed by atoms with Gasteiger partial charge in [0.15, 0.2) is 0 Å². The van der Waals surface area contributed by atoms with Gasteiger partial charge >= 0.3 is 6.09 Å². The van der Waals surface area contributed by atoms with E-state index in [-0.39, 0.29) is 35.4 Å². The van der Waals surface area contributed by atoms with Crippen molar-refractivity contribution in [3.8, 4) is 5.75 Å². The van der Waals surface area contributed by atoms with Gasteiger partial charge in [-0.15, -0.1) is 0 Å². The van der Waals surface area contributed by atoms with Crippen LogP contribution in [0.4, 0.5) is 4.79 Å². The Kier molecular flexibility index (Phi) is 8.84. The molecule has 5 unspecified atom stereocenters. The van der Waals surface area contributed by atoms with Crippen molar-refractivity contribution < 1.29 is 24.2 Å². The molecular weight excluding hydrogens is 446 g/mol. The van der Waals surface area contributed by atoms with Gasteiger partial charge in [-0.25, -0.2) is 4.79 Å². The molecule has 2 rings (SSSR count). The minimum absolute atomic E-state index is 0.0117. The largest absolute Gasteiger partial charge is 0.508 e. The number of phenols is 1. The summed E-state index contributed by atoms with van der Waals surface area (Å²) in [6, 6.07) is 4.44. The third-order valence-corrected chi connectivity index (χ3v) is 6.04. The van der Waals surface area contributed by atoms with E-state index in [0.717, 1.165) is 6.42 Å². The number of nitrogens with one attached hydrogen (secondary N) is 2. The van der Waals surface area contributed by atoms with Gasteiger partial charge in [-0.3, -0.25) is 9.59 Å². The number of phenolic OH excluding ortho intramolecular Hbond substituents is 1. The van der Waals surface area contributed by atoms with Crippen LogP contribution in [0.15, 0.2) is 24.3 Å². The lowest BCUT2D eigenvalue weighted by Gasteiger charge is -2.37. The van der Waals surface area contributed by atoms with E-state index in [4.69, 9.17) is 4.74 Å². The number of ether oxygens (including phenoxy) is 1. The van der Waals surface area contributed by atoms with Crippen molar-refractivity contribution in [3.05, 3.63) is 29.8 Å². The smallest absolute Gasteiger partial charge is 0.408 e. The van der Waals surface area contributed by atoms with Crippen LogP contribution in [0.3, 0.4) is 0 Å². The number of hydrogen-bond acceptors (Lipinski definition) is 5. The molecular formula is C27H43N3O5. The lowest BCUT2D eigenvalue weighted by Crippen LogP contribution is -2.57. The first-order chi connectivity index (χ1) is 16.0.